The minimum Gasteiger partial charge on any atom is -0.386 e. The summed E-state index contributed by atoms with van der Waals surface area (Å²) in [6.45, 7) is 0. The van der Waals surface area contributed by atoms with Gasteiger partial charge < -0.3 is 5.73 Å². The Labute approximate surface area is 95.9 Å². The first-order valence-electron chi connectivity index (χ1n) is 3.87. The van der Waals surface area contributed by atoms with Gasteiger partial charge in [0.2, 0.25) is 0 Å². The minimum absolute atomic E-state index is 0.00904. The van der Waals surface area contributed by atoms with E-state index in [1.807, 2.05) is 0 Å². The van der Waals surface area contributed by atoms with Gasteiger partial charge in [-0.05, 0) is 12.1 Å². The molecule has 1 rings (SSSR count). The second-order valence-electron chi connectivity index (χ2n) is 2.60. The van der Waals surface area contributed by atoms with Crippen LogP contribution < -0.4 is 5.73 Å². The topological polar surface area (TPSA) is 62.2 Å². The van der Waals surface area contributed by atoms with Crippen molar-refractivity contribution in [1.82, 2.24) is 0 Å². The average Bonchev–Trinajstić information content (AvgIpc) is 2.24. The smallest absolute Gasteiger partial charge is 0.161 e. The van der Waals surface area contributed by atoms with Gasteiger partial charge in [-0.1, -0.05) is 11.6 Å². The van der Waals surface area contributed by atoms with Gasteiger partial charge in [-0.3, -0.25) is 0 Å². The van der Waals surface area contributed by atoms with Crippen LogP contribution >= 0.6 is 23.2 Å². The van der Waals surface area contributed by atoms with Crippen molar-refractivity contribution in [3.05, 3.63) is 28.5 Å². The molecule has 6 heteroatoms. The number of halogens is 3. The molecule has 1 aromatic carbocycles. The number of nitrogens with zero attached hydrogens (tertiary/aromatic N) is 2. The summed E-state index contributed by atoms with van der Waals surface area (Å²) in [7, 11) is 0. The van der Waals surface area contributed by atoms with Crippen molar-refractivity contribution in [1.29, 1.82) is 5.26 Å². The Kier molecular flexibility index (Phi) is 3.89. The summed E-state index contributed by atoms with van der Waals surface area (Å²) in [6.07, 6.45) is 0. The van der Waals surface area contributed by atoms with Gasteiger partial charge in [0.15, 0.2) is 5.82 Å². The van der Waals surface area contributed by atoms with Crippen LogP contribution in [0.2, 0.25) is 5.02 Å². The largest absolute Gasteiger partial charge is 0.386 e. The van der Waals surface area contributed by atoms with Crippen LogP contribution in [0, 0.1) is 17.1 Å². The highest BCUT2D eigenvalue weighted by Crippen LogP contribution is 2.26. The van der Waals surface area contributed by atoms with Gasteiger partial charge in [0.1, 0.15) is 17.5 Å². The van der Waals surface area contributed by atoms with Crippen molar-refractivity contribution < 1.29 is 4.39 Å². The van der Waals surface area contributed by atoms with Gasteiger partial charge >= 0.3 is 0 Å². The number of hydrogen-bond donors (Lipinski definition) is 1. The third kappa shape index (κ3) is 2.58. The Hall–Kier alpha value is -1.31. The summed E-state index contributed by atoms with van der Waals surface area (Å²) < 4.78 is 13.3. The highest BCUT2D eigenvalue weighted by Gasteiger charge is 2.11. The van der Waals surface area contributed by atoms with Gasteiger partial charge in [0, 0.05) is 0 Å². The Morgan fingerprint density at radius 1 is 1.60 bits per heavy atom. The van der Waals surface area contributed by atoms with Crippen molar-refractivity contribution in [2.45, 2.75) is 0 Å². The fourth-order valence-electron chi connectivity index (χ4n) is 0.925. The number of alkyl halides is 1. The molecule has 2 N–H and O–H groups in total. The zero-order valence-corrected chi connectivity index (χ0v) is 8.98. The number of amidine groups is 1. The van der Waals surface area contributed by atoms with Gasteiger partial charge in [-0.15, -0.1) is 11.6 Å². The van der Waals surface area contributed by atoms with E-state index in [1.165, 1.54) is 12.1 Å². The van der Waals surface area contributed by atoms with Gasteiger partial charge in [0.05, 0.1) is 16.6 Å². The molecular formula is C9H6Cl2FN3. The lowest BCUT2D eigenvalue weighted by atomic mass is 10.2. The molecule has 0 unspecified atom stereocenters. The predicted octanol–water partition coefficient (Wildman–Crippen LogP) is 2.58. The SMILES string of the molecule is N#Cc1c(N=C(N)CCl)ccc(Cl)c1F. The molecule has 0 aliphatic carbocycles. The summed E-state index contributed by atoms with van der Waals surface area (Å²) in [5.74, 6) is -0.688. The first-order chi connectivity index (χ1) is 7.10. The second kappa shape index (κ2) is 4.96. The lowest BCUT2D eigenvalue weighted by Crippen LogP contribution is -2.12. The predicted molar refractivity (Wildman–Crippen MR) is 58.1 cm³/mol. The summed E-state index contributed by atoms with van der Waals surface area (Å²) >= 11 is 10.9. The Morgan fingerprint density at radius 2 is 2.27 bits per heavy atom. The summed E-state index contributed by atoms with van der Waals surface area (Å²) in [6, 6.07) is 4.38. The molecule has 0 radical (unpaired) electrons. The van der Waals surface area contributed by atoms with Crippen LogP contribution in [0.5, 0.6) is 0 Å². The molecule has 0 fully saturated rings. The highest BCUT2D eigenvalue weighted by atomic mass is 35.5. The van der Waals surface area contributed by atoms with Crippen molar-refractivity contribution >= 4 is 34.7 Å². The van der Waals surface area contributed by atoms with E-state index in [0.29, 0.717) is 0 Å². The first kappa shape index (κ1) is 11.8. The van der Waals surface area contributed by atoms with E-state index in [9.17, 15) is 4.39 Å². The number of aliphatic imine (C=N–C) groups is 1. The van der Waals surface area contributed by atoms with Crippen LogP contribution in [0.3, 0.4) is 0 Å². The quantitative estimate of drug-likeness (QED) is 0.495. The third-order valence-electron chi connectivity index (χ3n) is 1.59. The van der Waals surface area contributed by atoms with E-state index in [4.69, 9.17) is 34.2 Å². The molecule has 0 heterocycles. The van der Waals surface area contributed by atoms with Crippen molar-refractivity contribution in [3.8, 4) is 6.07 Å². The number of nitrogens with two attached hydrogens (primary N) is 1. The third-order valence-corrected chi connectivity index (χ3v) is 2.15. The van der Waals surface area contributed by atoms with Gasteiger partial charge in [-0.2, -0.15) is 5.26 Å². The molecule has 78 valence electrons. The zero-order chi connectivity index (χ0) is 11.4. The van der Waals surface area contributed by atoms with Crippen LogP contribution in [0.25, 0.3) is 0 Å². The van der Waals surface area contributed by atoms with Crippen LogP contribution in [-0.4, -0.2) is 11.7 Å². The molecule has 0 bridgehead atoms. The Bertz CT molecular complexity index is 451. The highest BCUT2D eigenvalue weighted by molar-refractivity contribution is 6.31. The normalized spacial score (nSPS) is 11.2. The lowest BCUT2D eigenvalue weighted by Gasteiger charge is -2.01. The van der Waals surface area contributed by atoms with Crippen LogP contribution in [-0.2, 0) is 0 Å². The molecule has 0 saturated carbocycles. The van der Waals surface area contributed by atoms with Crippen LogP contribution in [0.1, 0.15) is 5.56 Å². The molecule has 0 amide bonds. The molecule has 3 nitrogen and oxygen atoms in total. The Morgan fingerprint density at radius 3 is 2.80 bits per heavy atom. The lowest BCUT2D eigenvalue weighted by molar-refractivity contribution is 0.625. The number of rotatable bonds is 2. The molecule has 0 spiro atoms. The van der Waals surface area contributed by atoms with E-state index in [-0.39, 0.29) is 28.0 Å². The molecule has 0 aliphatic heterocycles. The monoisotopic (exact) mass is 245 g/mol. The molecule has 0 aliphatic rings. The van der Waals surface area contributed by atoms with E-state index in [2.05, 4.69) is 4.99 Å². The van der Waals surface area contributed by atoms with E-state index < -0.39 is 5.82 Å². The maximum absolute atomic E-state index is 13.3. The number of nitriles is 1. The molecular weight excluding hydrogens is 240 g/mol. The summed E-state index contributed by atoms with van der Waals surface area (Å²) in [5.41, 5.74) is 5.25. The maximum Gasteiger partial charge on any atom is 0.161 e. The standard InChI is InChI=1S/C9H6Cl2FN3/c10-3-8(14)15-7-2-1-6(11)9(12)5(7)4-13/h1-2H,3H2,(H2,14,15). The van der Waals surface area contributed by atoms with Crippen LogP contribution in [0.4, 0.5) is 10.1 Å². The molecule has 0 atom stereocenters. The second-order valence-corrected chi connectivity index (χ2v) is 3.28. The summed E-state index contributed by atoms with van der Waals surface area (Å²) in [5, 5.41) is 8.59. The van der Waals surface area contributed by atoms with E-state index in [0.717, 1.165) is 0 Å². The van der Waals surface area contributed by atoms with Crippen molar-refractivity contribution in [2.75, 3.05) is 5.88 Å². The van der Waals surface area contributed by atoms with Gasteiger partial charge in [-0.25, -0.2) is 9.38 Å². The molecule has 15 heavy (non-hydrogen) atoms. The van der Waals surface area contributed by atoms with Crippen molar-refractivity contribution in [2.24, 2.45) is 10.7 Å². The number of benzene rings is 1. The molecule has 0 saturated heterocycles. The van der Waals surface area contributed by atoms with Crippen LogP contribution in [0.15, 0.2) is 17.1 Å². The maximum atomic E-state index is 13.3. The van der Waals surface area contributed by atoms with E-state index in [1.54, 1.807) is 6.07 Å². The van der Waals surface area contributed by atoms with E-state index >= 15 is 0 Å². The average molecular weight is 246 g/mol. The zero-order valence-electron chi connectivity index (χ0n) is 7.47. The fourth-order valence-corrected chi connectivity index (χ4v) is 1.14. The first-order valence-corrected chi connectivity index (χ1v) is 4.78. The molecule has 0 aromatic heterocycles. The summed E-state index contributed by atoms with van der Waals surface area (Å²) in [4.78, 5) is 3.79. The fraction of sp³-hybridized carbons (Fsp3) is 0.111. The number of hydrogen-bond acceptors (Lipinski definition) is 2. The Balaban J connectivity index is 3.33. The van der Waals surface area contributed by atoms with Crippen molar-refractivity contribution in [3.63, 3.8) is 0 Å². The molecule has 1 aromatic rings. The van der Waals surface area contributed by atoms with Gasteiger partial charge in [0.25, 0.3) is 0 Å². The minimum atomic E-state index is -0.803.